The molecular formula is C17H31N3O2. The minimum Gasteiger partial charge on any atom is -0.356 e. The number of likely N-dealkylation sites (tertiary alicyclic amines) is 1. The highest BCUT2D eigenvalue weighted by atomic mass is 16.2. The normalized spacial score (nSPS) is 23.4. The van der Waals surface area contributed by atoms with Crippen LogP contribution in [-0.2, 0) is 4.79 Å². The van der Waals surface area contributed by atoms with Crippen molar-refractivity contribution < 1.29 is 9.59 Å². The highest BCUT2D eigenvalue weighted by Gasteiger charge is 2.26. The van der Waals surface area contributed by atoms with Crippen LogP contribution in [0, 0.1) is 11.8 Å². The Hall–Kier alpha value is -1.26. The zero-order valence-electron chi connectivity index (χ0n) is 14.1. The molecule has 126 valence electrons. The Morgan fingerprint density at radius 3 is 2.50 bits per heavy atom. The highest BCUT2D eigenvalue weighted by molar-refractivity contribution is 5.77. The molecule has 1 saturated carbocycles. The summed E-state index contributed by atoms with van der Waals surface area (Å²) in [4.78, 5) is 26.0. The molecule has 1 saturated heterocycles. The van der Waals surface area contributed by atoms with E-state index in [1.165, 1.54) is 19.3 Å². The molecule has 22 heavy (non-hydrogen) atoms. The molecule has 0 aromatic heterocycles. The van der Waals surface area contributed by atoms with Gasteiger partial charge >= 0.3 is 6.03 Å². The smallest absolute Gasteiger partial charge is 0.317 e. The Kier molecular flexibility index (Phi) is 6.52. The molecule has 0 aromatic carbocycles. The van der Waals surface area contributed by atoms with Crippen LogP contribution in [0.5, 0.6) is 0 Å². The van der Waals surface area contributed by atoms with Crippen molar-refractivity contribution >= 4 is 11.9 Å². The second-order valence-electron chi connectivity index (χ2n) is 7.14. The number of carbonyl (C=O) groups is 2. The van der Waals surface area contributed by atoms with Crippen LogP contribution in [0.15, 0.2) is 0 Å². The van der Waals surface area contributed by atoms with Crippen LogP contribution in [0.3, 0.4) is 0 Å². The molecular weight excluding hydrogens is 278 g/mol. The van der Waals surface area contributed by atoms with Crippen LogP contribution in [0.4, 0.5) is 4.79 Å². The molecule has 0 radical (unpaired) electrons. The summed E-state index contributed by atoms with van der Waals surface area (Å²) in [6.45, 7) is 6.09. The van der Waals surface area contributed by atoms with Crippen molar-refractivity contribution in [3.05, 3.63) is 0 Å². The van der Waals surface area contributed by atoms with E-state index in [9.17, 15) is 9.59 Å². The third kappa shape index (κ3) is 5.18. The Balaban J connectivity index is 1.74. The average Bonchev–Trinajstić information content (AvgIpc) is 2.53. The fourth-order valence-electron chi connectivity index (χ4n) is 3.38. The molecule has 5 heteroatoms. The molecule has 2 fully saturated rings. The number of piperidine rings is 1. The highest BCUT2D eigenvalue weighted by Crippen LogP contribution is 2.19. The minimum atomic E-state index is 0.0225. The van der Waals surface area contributed by atoms with E-state index in [-0.39, 0.29) is 17.9 Å². The second-order valence-corrected chi connectivity index (χ2v) is 7.14. The molecule has 5 nitrogen and oxygen atoms in total. The van der Waals surface area contributed by atoms with E-state index in [2.05, 4.69) is 10.6 Å². The monoisotopic (exact) mass is 309 g/mol. The van der Waals surface area contributed by atoms with E-state index in [1.807, 2.05) is 18.7 Å². The largest absolute Gasteiger partial charge is 0.356 e. The molecule has 1 atom stereocenters. The maximum Gasteiger partial charge on any atom is 0.317 e. The van der Waals surface area contributed by atoms with Crippen LogP contribution in [-0.4, -0.2) is 42.5 Å². The zero-order valence-corrected chi connectivity index (χ0v) is 14.1. The Bertz CT molecular complexity index is 378. The maximum absolute atomic E-state index is 12.4. The van der Waals surface area contributed by atoms with E-state index in [4.69, 9.17) is 0 Å². The van der Waals surface area contributed by atoms with Gasteiger partial charge in [0.05, 0.1) is 0 Å². The molecule has 1 aliphatic heterocycles. The van der Waals surface area contributed by atoms with Crippen molar-refractivity contribution in [2.75, 3.05) is 19.6 Å². The van der Waals surface area contributed by atoms with E-state index >= 15 is 0 Å². The van der Waals surface area contributed by atoms with E-state index in [0.29, 0.717) is 18.5 Å². The number of hydrogen-bond acceptors (Lipinski definition) is 2. The molecule has 2 aliphatic rings. The van der Waals surface area contributed by atoms with Gasteiger partial charge in [0.2, 0.25) is 5.91 Å². The molecule has 0 aromatic rings. The quantitative estimate of drug-likeness (QED) is 0.838. The van der Waals surface area contributed by atoms with Gasteiger partial charge in [-0.25, -0.2) is 4.79 Å². The van der Waals surface area contributed by atoms with Gasteiger partial charge < -0.3 is 15.5 Å². The molecule has 2 rings (SSSR count). The topological polar surface area (TPSA) is 61.4 Å². The Labute approximate surface area is 134 Å². The lowest BCUT2D eigenvalue weighted by atomic mass is 9.95. The van der Waals surface area contributed by atoms with Crippen molar-refractivity contribution in [2.24, 2.45) is 11.8 Å². The molecule has 1 heterocycles. The third-order valence-electron chi connectivity index (χ3n) is 4.83. The Morgan fingerprint density at radius 2 is 1.82 bits per heavy atom. The van der Waals surface area contributed by atoms with Gasteiger partial charge in [0, 0.05) is 31.6 Å². The summed E-state index contributed by atoms with van der Waals surface area (Å²) in [6.07, 6.45) is 8.12. The number of nitrogens with zero attached hydrogens (tertiary/aromatic N) is 1. The van der Waals surface area contributed by atoms with Gasteiger partial charge in [-0.1, -0.05) is 33.1 Å². The van der Waals surface area contributed by atoms with Crippen molar-refractivity contribution in [3.8, 4) is 0 Å². The van der Waals surface area contributed by atoms with Crippen LogP contribution >= 0.6 is 0 Å². The lowest BCUT2D eigenvalue weighted by molar-refractivity contribution is -0.124. The summed E-state index contributed by atoms with van der Waals surface area (Å²) in [5.74, 6) is 0.506. The number of carbonyl (C=O) groups excluding carboxylic acids is 2. The van der Waals surface area contributed by atoms with Gasteiger partial charge in [-0.15, -0.1) is 0 Å². The van der Waals surface area contributed by atoms with Gasteiger partial charge in [-0.3, -0.25) is 4.79 Å². The number of nitrogens with one attached hydrogen (secondary N) is 2. The predicted molar refractivity (Wildman–Crippen MR) is 87.5 cm³/mol. The van der Waals surface area contributed by atoms with Crippen molar-refractivity contribution in [2.45, 2.75) is 64.8 Å². The third-order valence-corrected chi connectivity index (χ3v) is 4.83. The van der Waals surface area contributed by atoms with Crippen molar-refractivity contribution in [1.29, 1.82) is 0 Å². The van der Waals surface area contributed by atoms with Crippen molar-refractivity contribution in [3.63, 3.8) is 0 Å². The average molecular weight is 309 g/mol. The molecule has 1 unspecified atom stereocenters. The summed E-state index contributed by atoms with van der Waals surface area (Å²) in [5.41, 5.74) is 0. The maximum atomic E-state index is 12.4. The number of urea groups is 1. The summed E-state index contributed by atoms with van der Waals surface area (Å²) in [5, 5.41) is 6.19. The van der Waals surface area contributed by atoms with Crippen LogP contribution < -0.4 is 10.6 Å². The van der Waals surface area contributed by atoms with Gasteiger partial charge in [0.25, 0.3) is 0 Å². The van der Waals surface area contributed by atoms with Crippen LogP contribution in [0.1, 0.15) is 58.8 Å². The van der Waals surface area contributed by atoms with Crippen LogP contribution in [0.2, 0.25) is 0 Å². The first-order valence-electron chi connectivity index (χ1n) is 8.89. The summed E-state index contributed by atoms with van der Waals surface area (Å²) in [7, 11) is 0. The van der Waals surface area contributed by atoms with Gasteiger partial charge in [0.15, 0.2) is 0 Å². The first-order valence-corrected chi connectivity index (χ1v) is 8.89. The molecule has 1 aliphatic carbocycles. The summed E-state index contributed by atoms with van der Waals surface area (Å²) < 4.78 is 0. The Morgan fingerprint density at radius 1 is 1.09 bits per heavy atom. The molecule has 3 amide bonds. The SMILES string of the molecule is CC(C)C(=O)NCC1CCCN(C(=O)NC2CCCCC2)C1. The van der Waals surface area contributed by atoms with Gasteiger partial charge in [-0.2, -0.15) is 0 Å². The fraction of sp³-hybridized carbons (Fsp3) is 0.882. The first-order chi connectivity index (χ1) is 10.6. The molecule has 0 bridgehead atoms. The predicted octanol–water partition coefficient (Wildman–Crippen LogP) is 2.51. The second kappa shape index (κ2) is 8.39. The summed E-state index contributed by atoms with van der Waals surface area (Å²) >= 11 is 0. The standard InChI is InChI=1S/C17H31N3O2/c1-13(2)16(21)18-11-14-7-6-10-20(12-14)17(22)19-15-8-4-3-5-9-15/h13-15H,3-12H2,1-2H3,(H,18,21)(H,19,22). The van der Waals surface area contributed by atoms with E-state index in [1.54, 1.807) is 0 Å². The number of amides is 3. The fourth-order valence-corrected chi connectivity index (χ4v) is 3.38. The number of hydrogen-bond donors (Lipinski definition) is 2. The van der Waals surface area contributed by atoms with E-state index < -0.39 is 0 Å². The lowest BCUT2D eigenvalue weighted by Gasteiger charge is -2.34. The van der Waals surface area contributed by atoms with Gasteiger partial charge in [-0.05, 0) is 31.6 Å². The first kappa shape index (κ1) is 17.1. The van der Waals surface area contributed by atoms with Crippen LogP contribution in [0.25, 0.3) is 0 Å². The summed E-state index contributed by atoms with van der Waals surface area (Å²) in [6, 6.07) is 0.453. The zero-order chi connectivity index (χ0) is 15.9. The molecule has 0 spiro atoms. The minimum absolute atomic E-state index is 0.0225. The van der Waals surface area contributed by atoms with E-state index in [0.717, 1.165) is 38.8 Å². The van der Waals surface area contributed by atoms with Crippen molar-refractivity contribution in [1.82, 2.24) is 15.5 Å². The van der Waals surface area contributed by atoms with Gasteiger partial charge in [0.1, 0.15) is 0 Å². The lowest BCUT2D eigenvalue weighted by Crippen LogP contribution is -2.50. The number of rotatable bonds is 4. The molecule has 2 N–H and O–H groups in total.